The van der Waals surface area contributed by atoms with E-state index in [2.05, 4.69) is 0 Å². The summed E-state index contributed by atoms with van der Waals surface area (Å²) in [4.78, 5) is 0. The highest BCUT2D eigenvalue weighted by molar-refractivity contribution is 4.68. The van der Waals surface area contributed by atoms with E-state index in [9.17, 15) is 0 Å². The zero-order valence-corrected chi connectivity index (χ0v) is 7.61. The molecular formula is C7H16N2O3. The van der Waals surface area contributed by atoms with Crippen molar-refractivity contribution in [3.63, 3.8) is 0 Å². The molecule has 2 unspecified atom stereocenters. The highest BCUT2D eigenvalue weighted by Crippen LogP contribution is 2.27. The lowest BCUT2D eigenvalue weighted by Gasteiger charge is -2.38. The third kappa shape index (κ3) is 2.40. The zero-order chi connectivity index (χ0) is 9.35. The van der Waals surface area contributed by atoms with Gasteiger partial charge in [-0.2, -0.15) is 0 Å². The van der Waals surface area contributed by atoms with Gasteiger partial charge in [-0.3, -0.25) is 16.2 Å². The topological polar surface area (TPSA) is 79.7 Å². The normalized spacial score (nSPS) is 38.2. The SMILES string of the molecule is CC(C)(C)C1OC(N)OC(N)O1. The van der Waals surface area contributed by atoms with E-state index in [1.807, 2.05) is 20.8 Å². The van der Waals surface area contributed by atoms with Gasteiger partial charge in [0, 0.05) is 5.41 Å². The van der Waals surface area contributed by atoms with Crippen molar-refractivity contribution in [3.05, 3.63) is 0 Å². The zero-order valence-electron chi connectivity index (χ0n) is 7.61. The lowest BCUT2D eigenvalue weighted by atomic mass is 9.96. The second kappa shape index (κ2) is 3.27. The van der Waals surface area contributed by atoms with Crippen LogP contribution in [0.1, 0.15) is 20.8 Å². The van der Waals surface area contributed by atoms with Gasteiger partial charge < -0.3 is 9.47 Å². The second-order valence-corrected chi connectivity index (χ2v) is 3.84. The van der Waals surface area contributed by atoms with Crippen LogP contribution in [-0.2, 0) is 14.2 Å². The summed E-state index contributed by atoms with van der Waals surface area (Å²) in [7, 11) is 0. The Balaban J connectivity index is 2.55. The third-order valence-corrected chi connectivity index (χ3v) is 1.49. The molecular weight excluding hydrogens is 160 g/mol. The molecule has 2 atom stereocenters. The molecule has 12 heavy (non-hydrogen) atoms. The Morgan fingerprint density at radius 2 is 1.33 bits per heavy atom. The molecule has 0 aromatic rings. The molecule has 4 N–H and O–H groups in total. The summed E-state index contributed by atoms with van der Waals surface area (Å²) in [6.45, 7) is 5.92. The molecule has 0 aromatic heterocycles. The predicted octanol–water partition coefficient (Wildman–Crippen LogP) is -0.0934. The van der Waals surface area contributed by atoms with Crippen LogP contribution in [0.5, 0.6) is 0 Å². The van der Waals surface area contributed by atoms with Gasteiger partial charge in [0.15, 0.2) is 6.29 Å². The lowest BCUT2D eigenvalue weighted by molar-refractivity contribution is -0.399. The lowest BCUT2D eigenvalue weighted by Crippen LogP contribution is -2.52. The molecule has 0 amide bonds. The predicted molar refractivity (Wildman–Crippen MR) is 42.4 cm³/mol. The van der Waals surface area contributed by atoms with Crippen LogP contribution in [0.15, 0.2) is 0 Å². The fourth-order valence-corrected chi connectivity index (χ4v) is 0.880. The Labute approximate surface area is 71.9 Å². The summed E-state index contributed by atoms with van der Waals surface area (Å²) in [5.74, 6) is 0. The van der Waals surface area contributed by atoms with E-state index in [-0.39, 0.29) is 5.41 Å². The fourth-order valence-electron chi connectivity index (χ4n) is 0.880. The van der Waals surface area contributed by atoms with Crippen LogP contribution in [0.3, 0.4) is 0 Å². The van der Waals surface area contributed by atoms with Gasteiger partial charge in [0.2, 0.25) is 12.8 Å². The first kappa shape index (κ1) is 9.88. The van der Waals surface area contributed by atoms with Crippen LogP contribution < -0.4 is 11.5 Å². The van der Waals surface area contributed by atoms with E-state index in [0.717, 1.165) is 0 Å². The Bertz CT molecular complexity index is 147. The number of ether oxygens (including phenoxy) is 3. The molecule has 1 heterocycles. The van der Waals surface area contributed by atoms with E-state index in [1.165, 1.54) is 0 Å². The van der Waals surface area contributed by atoms with Gasteiger partial charge in [0.25, 0.3) is 0 Å². The Morgan fingerprint density at radius 1 is 0.917 bits per heavy atom. The van der Waals surface area contributed by atoms with Crippen molar-refractivity contribution in [2.24, 2.45) is 16.9 Å². The largest absolute Gasteiger partial charge is 0.310 e. The van der Waals surface area contributed by atoms with Crippen molar-refractivity contribution in [1.82, 2.24) is 0 Å². The first-order valence-electron chi connectivity index (χ1n) is 3.87. The molecule has 0 aromatic carbocycles. The number of hydrogen-bond acceptors (Lipinski definition) is 5. The molecule has 0 spiro atoms. The Hall–Kier alpha value is -0.200. The fraction of sp³-hybridized carbons (Fsp3) is 1.00. The monoisotopic (exact) mass is 176 g/mol. The molecule has 1 aliphatic rings. The van der Waals surface area contributed by atoms with Crippen LogP contribution in [0.25, 0.3) is 0 Å². The molecule has 1 aliphatic heterocycles. The van der Waals surface area contributed by atoms with E-state index in [0.29, 0.717) is 0 Å². The maximum atomic E-state index is 5.41. The van der Waals surface area contributed by atoms with E-state index in [1.54, 1.807) is 0 Å². The number of hydrogen-bond donors (Lipinski definition) is 2. The van der Waals surface area contributed by atoms with Crippen LogP contribution in [0.4, 0.5) is 0 Å². The van der Waals surface area contributed by atoms with Crippen molar-refractivity contribution in [2.75, 3.05) is 0 Å². The maximum absolute atomic E-state index is 5.41. The first-order valence-corrected chi connectivity index (χ1v) is 3.87. The van der Waals surface area contributed by atoms with Gasteiger partial charge in [0.1, 0.15) is 0 Å². The highest BCUT2D eigenvalue weighted by atomic mass is 16.9. The highest BCUT2D eigenvalue weighted by Gasteiger charge is 2.34. The molecule has 72 valence electrons. The van der Waals surface area contributed by atoms with Gasteiger partial charge in [-0.25, -0.2) is 0 Å². The molecule has 5 nitrogen and oxygen atoms in total. The molecule has 1 saturated heterocycles. The van der Waals surface area contributed by atoms with Crippen molar-refractivity contribution in [2.45, 2.75) is 39.9 Å². The standard InChI is InChI=1S/C7H16N2O3/c1-7(2,3)4-10-5(8)12-6(9)11-4/h4-6H,8-9H2,1-3H3. The molecule has 0 bridgehead atoms. The van der Waals surface area contributed by atoms with Gasteiger partial charge in [-0.05, 0) is 0 Å². The minimum absolute atomic E-state index is 0.154. The molecule has 5 heteroatoms. The van der Waals surface area contributed by atoms with Crippen molar-refractivity contribution >= 4 is 0 Å². The maximum Gasteiger partial charge on any atom is 0.219 e. The van der Waals surface area contributed by atoms with E-state index >= 15 is 0 Å². The quantitative estimate of drug-likeness (QED) is 0.539. The van der Waals surface area contributed by atoms with Crippen LogP contribution >= 0.6 is 0 Å². The summed E-state index contributed by atoms with van der Waals surface area (Å²) < 4.78 is 15.2. The van der Waals surface area contributed by atoms with Crippen LogP contribution in [0, 0.1) is 5.41 Å². The molecule has 0 saturated carbocycles. The van der Waals surface area contributed by atoms with Gasteiger partial charge in [-0.15, -0.1) is 0 Å². The molecule has 1 rings (SSSR count). The molecule has 1 fully saturated rings. The minimum atomic E-state index is -0.794. The van der Waals surface area contributed by atoms with Crippen molar-refractivity contribution < 1.29 is 14.2 Å². The average molecular weight is 176 g/mol. The molecule has 0 radical (unpaired) electrons. The van der Waals surface area contributed by atoms with Crippen LogP contribution in [0.2, 0.25) is 0 Å². The summed E-state index contributed by atoms with van der Waals surface area (Å²) in [5.41, 5.74) is 10.7. The Morgan fingerprint density at radius 3 is 1.67 bits per heavy atom. The van der Waals surface area contributed by atoms with Gasteiger partial charge in [0.05, 0.1) is 0 Å². The minimum Gasteiger partial charge on any atom is -0.310 e. The second-order valence-electron chi connectivity index (χ2n) is 3.84. The van der Waals surface area contributed by atoms with Crippen LogP contribution in [-0.4, -0.2) is 19.1 Å². The first-order chi connectivity index (χ1) is 5.39. The third-order valence-electron chi connectivity index (χ3n) is 1.49. The number of rotatable bonds is 0. The Kier molecular flexibility index (Phi) is 2.70. The number of nitrogens with two attached hydrogens (primary N) is 2. The van der Waals surface area contributed by atoms with Gasteiger partial charge in [-0.1, -0.05) is 20.8 Å². The average Bonchev–Trinajstić information content (AvgIpc) is 1.82. The summed E-state index contributed by atoms with van der Waals surface area (Å²) in [6.07, 6.45) is -2.01. The summed E-state index contributed by atoms with van der Waals surface area (Å²) in [5, 5.41) is 0. The molecule has 0 aliphatic carbocycles. The summed E-state index contributed by atoms with van der Waals surface area (Å²) in [6, 6.07) is 0. The van der Waals surface area contributed by atoms with Gasteiger partial charge >= 0.3 is 0 Å². The van der Waals surface area contributed by atoms with E-state index in [4.69, 9.17) is 25.7 Å². The smallest absolute Gasteiger partial charge is 0.219 e. The van der Waals surface area contributed by atoms with Crippen molar-refractivity contribution in [1.29, 1.82) is 0 Å². The van der Waals surface area contributed by atoms with E-state index < -0.39 is 19.1 Å². The summed E-state index contributed by atoms with van der Waals surface area (Å²) >= 11 is 0. The van der Waals surface area contributed by atoms with Crippen molar-refractivity contribution in [3.8, 4) is 0 Å².